The van der Waals surface area contributed by atoms with Gasteiger partial charge in [0.15, 0.2) is 0 Å². The number of hydrogen-bond donors (Lipinski definition) is 1. The highest BCUT2D eigenvalue weighted by molar-refractivity contribution is 5.98. The molecule has 1 unspecified atom stereocenters. The van der Waals surface area contributed by atoms with E-state index in [9.17, 15) is 0 Å². The Morgan fingerprint density at radius 3 is 2.85 bits per heavy atom. The molecule has 1 aromatic rings. The number of ether oxygens (including phenoxy) is 2. The van der Waals surface area contributed by atoms with E-state index in [1.54, 1.807) is 7.11 Å². The topological polar surface area (TPSA) is 78.4 Å². The molecule has 0 saturated heterocycles. The molecule has 1 heterocycles. The minimum atomic E-state index is -2.02. The maximum atomic E-state index is 8.80. The van der Waals surface area contributed by atoms with E-state index in [2.05, 4.69) is 16.2 Å². The first-order valence-electron chi connectivity index (χ1n) is 10.7. The summed E-state index contributed by atoms with van der Waals surface area (Å²) < 4.78 is 28.6. The second-order valence-electron chi connectivity index (χ2n) is 7.72. The van der Waals surface area contributed by atoms with E-state index in [1.165, 1.54) is 0 Å². The maximum Gasteiger partial charge on any atom is 0.283 e. The lowest BCUT2D eigenvalue weighted by Crippen LogP contribution is -2.46. The second kappa shape index (κ2) is 6.82. The normalized spacial score (nSPS) is 35.4. The molecule has 0 aromatic heterocycles. The highest BCUT2D eigenvalue weighted by Crippen LogP contribution is 2.61. The largest absolute Gasteiger partial charge is 0.462 e. The molecule has 2 spiro atoms. The third-order valence-electron chi connectivity index (χ3n) is 6.35. The van der Waals surface area contributed by atoms with Crippen molar-refractivity contribution in [1.29, 1.82) is 0 Å². The Balaban J connectivity index is 1.85. The first-order chi connectivity index (χ1) is 13.8. The van der Waals surface area contributed by atoms with Crippen molar-refractivity contribution in [3.63, 3.8) is 0 Å². The SMILES string of the molecule is [2H]C1([2H])OC(N)=NC12c1cc(/C(C)=N/OCC)ccc1C[C@]21CC[C@@H](OC)CC1. The number of oxime groups is 1. The van der Waals surface area contributed by atoms with E-state index in [-0.39, 0.29) is 12.1 Å². The first kappa shape index (κ1) is 15.9. The number of rotatable bonds is 4. The lowest BCUT2D eigenvalue weighted by molar-refractivity contribution is -0.00984. The van der Waals surface area contributed by atoms with Crippen LogP contribution in [-0.4, -0.2) is 38.1 Å². The Morgan fingerprint density at radius 2 is 2.22 bits per heavy atom. The van der Waals surface area contributed by atoms with Crippen LogP contribution in [-0.2, 0) is 26.3 Å². The Kier molecular flexibility index (Phi) is 4.02. The van der Waals surface area contributed by atoms with Crippen molar-refractivity contribution < 1.29 is 17.1 Å². The standard InChI is InChI=1S/C21H29N3O3/c1-4-27-24-14(2)15-5-6-16-12-20(9-7-17(25-3)8-10-20)21(18(16)11-15)13-26-19(22)23-21/h5-6,11,17H,4,7-10,12-13H2,1-3H3,(H2,22,23)/b24-14+/t17-,20-,21?/i13D2. The van der Waals surface area contributed by atoms with Gasteiger partial charge in [-0.2, -0.15) is 0 Å². The van der Waals surface area contributed by atoms with Gasteiger partial charge in [-0.1, -0.05) is 17.3 Å². The molecule has 1 aromatic carbocycles. The summed E-state index contributed by atoms with van der Waals surface area (Å²) in [6.45, 7) is 2.24. The third kappa shape index (κ3) is 2.81. The number of amidine groups is 1. The molecule has 0 amide bonds. The fraction of sp³-hybridized carbons (Fsp3) is 0.619. The molecule has 4 rings (SSSR count). The molecule has 2 N–H and O–H groups in total. The van der Waals surface area contributed by atoms with E-state index in [0.29, 0.717) is 6.61 Å². The molecule has 146 valence electrons. The monoisotopic (exact) mass is 373 g/mol. The molecule has 6 nitrogen and oxygen atoms in total. The quantitative estimate of drug-likeness (QED) is 0.650. The number of hydrogen-bond acceptors (Lipinski definition) is 6. The van der Waals surface area contributed by atoms with Gasteiger partial charge in [-0.25, -0.2) is 4.99 Å². The van der Waals surface area contributed by atoms with Crippen LogP contribution in [0.1, 0.15) is 59.0 Å². The predicted molar refractivity (Wildman–Crippen MR) is 105 cm³/mol. The summed E-state index contributed by atoms with van der Waals surface area (Å²) in [4.78, 5) is 9.90. The number of fused-ring (bicyclic) bond motifs is 3. The van der Waals surface area contributed by atoms with Crippen molar-refractivity contribution in [3.05, 3.63) is 34.9 Å². The van der Waals surface area contributed by atoms with Crippen LogP contribution < -0.4 is 5.73 Å². The minimum Gasteiger partial charge on any atom is -0.462 e. The predicted octanol–water partition coefficient (Wildman–Crippen LogP) is 3.12. The summed E-state index contributed by atoms with van der Waals surface area (Å²) in [5.74, 6) is 0. The van der Waals surface area contributed by atoms with E-state index in [0.717, 1.165) is 54.5 Å². The second-order valence-corrected chi connectivity index (χ2v) is 7.72. The molecule has 27 heavy (non-hydrogen) atoms. The van der Waals surface area contributed by atoms with E-state index in [1.807, 2.05) is 26.0 Å². The fourth-order valence-corrected chi connectivity index (χ4v) is 4.88. The molecule has 6 heteroatoms. The molecule has 1 fully saturated rings. The number of nitrogens with zero attached hydrogens (tertiary/aromatic N) is 2. The van der Waals surface area contributed by atoms with Crippen molar-refractivity contribution in [2.45, 2.75) is 57.6 Å². The molecule has 1 atom stereocenters. The van der Waals surface area contributed by atoms with Gasteiger partial charge >= 0.3 is 0 Å². The Bertz CT molecular complexity index is 863. The van der Waals surface area contributed by atoms with Crippen molar-refractivity contribution in [1.82, 2.24) is 0 Å². The molecule has 3 aliphatic rings. The molecule has 0 radical (unpaired) electrons. The first-order valence-corrected chi connectivity index (χ1v) is 9.66. The van der Waals surface area contributed by atoms with Gasteiger partial charge in [0.2, 0.25) is 0 Å². The minimum absolute atomic E-state index is 0.0822. The number of methoxy groups -OCH3 is 1. The van der Waals surface area contributed by atoms with Crippen LogP contribution in [0.4, 0.5) is 0 Å². The zero-order valence-electron chi connectivity index (χ0n) is 18.2. The summed E-state index contributed by atoms with van der Waals surface area (Å²) >= 11 is 0. The van der Waals surface area contributed by atoms with Crippen LogP contribution >= 0.6 is 0 Å². The Labute approximate surface area is 163 Å². The summed E-state index contributed by atoms with van der Waals surface area (Å²) in [5, 5.41) is 4.14. The highest BCUT2D eigenvalue weighted by atomic mass is 16.6. The number of aliphatic imine (C=N–C) groups is 1. The average Bonchev–Trinajstić information content (AvgIpc) is 3.11. The zero-order chi connectivity index (χ0) is 20.9. The lowest BCUT2D eigenvalue weighted by atomic mass is 9.62. The van der Waals surface area contributed by atoms with Crippen LogP contribution in [0, 0.1) is 5.41 Å². The average molecular weight is 373 g/mol. The van der Waals surface area contributed by atoms with Crippen molar-refractivity contribution in [2.24, 2.45) is 21.3 Å². The summed E-state index contributed by atoms with van der Waals surface area (Å²) in [7, 11) is 1.74. The van der Waals surface area contributed by atoms with Crippen LogP contribution in [0.5, 0.6) is 0 Å². The molecular weight excluding hydrogens is 342 g/mol. The third-order valence-corrected chi connectivity index (χ3v) is 6.35. The van der Waals surface area contributed by atoms with Crippen molar-refractivity contribution >= 4 is 11.7 Å². The van der Waals surface area contributed by atoms with Crippen molar-refractivity contribution in [2.75, 3.05) is 20.3 Å². The van der Waals surface area contributed by atoms with Crippen LogP contribution in [0.25, 0.3) is 0 Å². The summed E-state index contributed by atoms with van der Waals surface area (Å²) in [6, 6.07) is 5.99. The Hall–Kier alpha value is -2.08. The van der Waals surface area contributed by atoms with Gasteiger partial charge in [-0.3, -0.25) is 0 Å². The van der Waals surface area contributed by atoms with E-state index < -0.39 is 17.5 Å². The molecular formula is C21H29N3O3. The Morgan fingerprint density at radius 1 is 1.44 bits per heavy atom. The van der Waals surface area contributed by atoms with Crippen LogP contribution in [0.15, 0.2) is 28.3 Å². The van der Waals surface area contributed by atoms with Gasteiger partial charge in [0, 0.05) is 12.5 Å². The smallest absolute Gasteiger partial charge is 0.283 e. The number of nitrogens with two attached hydrogens (primary N) is 1. The van der Waals surface area contributed by atoms with Gasteiger partial charge in [0.1, 0.15) is 18.7 Å². The highest BCUT2D eigenvalue weighted by Gasteiger charge is 2.61. The van der Waals surface area contributed by atoms with Gasteiger partial charge in [-0.15, -0.1) is 0 Å². The molecule has 2 aliphatic carbocycles. The molecule has 1 saturated carbocycles. The van der Waals surface area contributed by atoms with Gasteiger partial charge in [-0.05, 0) is 68.7 Å². The van der Waals surface area contributed by atoms with E-state index >= 15 is 0 Å². The number of benzene rings is 1. The van der Waals surface area contributed by atoms with Gasteiger partial charge in [0.25, 0.3) is 6.02 Å². The van der Waals surface area contributed by atoms with Gasteiger partial charge in [0.05, 0.1) is 14.6 Å². The maximum absolute atomic E-state index is 8.80. The fourth-order valence-electron chi connectivity index (χ4n) is 4.88. The van der Waals surface area contributed by atoms with Crippen LogP contribution in [0.2, 0.25) is 0 Å². The van der Waals surface area contributed by atoms with E-state index in [4.69, 9.17) is 22.8 Å². The lowest BCUT2D eigenvalue weighted by Gasteiger charge is -2.45. The van der Waals surface area contributed by atoms with Crippen molar-refractivity contribution in [3.8, 4) is 0 Å². The summed E-state index contributed by atoms with van der Waals surface area (Å²) in [5.41, 5.74) is 7.96. The van der Waals surface area contributed by atoms with Gasteiger partial charge < -0.3 is 20.0 Å². The molecule has 1 aliphatic heterocycles. The van der Waals surface area contributed by atoms with Crippen LogP contribution in [0.3, 0.4) is 0 Å². The summed E-state index contributed by atoms with van der Waals surface area (Å²) in [6.07, 6.45) is 4.31. The molecule has 0 bridgehead atoms. The zero-order valence-corrected chi connectivity index (χ0v) is 16.2.